The van der Waals surface area contributed by atoms with Crippen LogP contribution in [-0.2, 0) is 27.4 Å². The second kappa shape index (κ2) is 8.61. The van der Waals surface area contributed by atoms with Crippen LogP contribution in [0.15, 0.2) is 18.2 Å². The van der Waals surface area contributed by atoms with Crippen molar-refractivity contribution in [1.82, 2.24) is 0 Å². The molecule has 1 aliphatic rings. The fourth-order valence-electron chi connectivity index (χ4n) is 2.33. The lowest BCUT2D eigenvalue weighted by molar-refractivity contribution is -0.137. The third-order valence-corrected chi connectivity index (χ3v) is 6.76. The van der Waals surface area contributed by atoms with Gasteiger partial charge in [0.15, 0.2) is 9.84 Å². The predicted octanol–water partition coefficient (Wildman–Crippen LogP) is 2.44. The molecule has 1 aromatic rings. The van der Waals surface area contributed by atoms with Gasteiger partial charge >= 0.3 is 6.18 Å². The van der Waals surface area contributed by atoms with Gasteiger partial charge in [0.05, 0.1) is 22.8 Å². The van der Waals surface area contributed by atoms with Gasteiger partial charge in [0, 0.05) is 17.5 Å². The van der Waals surface area contributed by atoms with Crippen molar-refractivity contribution in [3.05, 3.63) is 29.3 Å². The van der Waals surface area contributed by atoms with E-state index >= 15 is 0 Å². The van der Waals surface area contributed by atoms with Gasteiger partial charge in [-0.15, -0.1) is 24.2 Å². The second-order valence-electron chi connectivity index (χ2n) is 5.50. The van der Waals surface area contributed by atoms with Crippen LogP contribution in [0.4, 0.5) is 18.9 Å². The maximum atomic E-state index is 12.8. The Morgan fingerprint density at radius 2 is 2.00 bits per heavy atom. The average Bonchev–Trinajstić information content (AvgIpc) is 2.83. The smallest absolute Gasteiger partial charge is 0.326 e. The molecule has 5 nitrogen and oxygen atoms in total. The van der Waals surface area contributed by atoms with Gasteiger partial charge in [-0.3, -0.25) is 4.79 Å². The molecule has 1 heterocycles. The first kappa shape index (κ1) is 22.1. The van der Waals surface area contributed by atoms with Crippen molar-refractivity contribution in [2.75, 3.05) is 22.6 Å². The molecule has 25 heavy (non-hydrogen) atoms. The number of hydrogen-bond donors (Lipinski definition) is 2. The monoisotopic (exact) mass is 418 g/mol. The molecule has 1 aliphatic heterocycles. The molecule has 1 unspecified atom stereocenters. The van der Waals surface area contributed by atoms with Crippen molar-refractivity contribution in [1.29, 1.82) is 0 Å². The van der Waals surface area contributed by atoms with Gasteiger partial charge in [-0.25, -0.2) is 8.42 Å². The Morgan fingerprint density at radius 1 is 1.32 bits per heavy atom. The Morgan fingerprint density at radius 3 is 2.52 bits per heavy atom. The fraction of sp³-hybridized carbons (Fsp3) is 0.500. The standard InChI is InChI=1S/C14H17F3N2O3S2.ClH/c15-14(16,17)10-3-9(6-18)4-11(5-10)19-13(20)7-23-12-1-2-24(21,22)8-12;/h3-5,12H,1-2,6-8,18H2,(H,19,20);1H. The van der Waals surface area contributed by atoms with Crippen molar-refractivity contribution in [3.8, 4) is 0 Å². The van der Waals surface area contributed by atoms with Crippen molar-refractivity contribution < 1.29 is 26.4 Å². The number of rotatable bonds is 5. The fourth-order valence-corrected chi connectivity index (χ4v) is 5.77. The third kappa shape index (κ3) is 6.69. The summed E-state index contributed by atoms with van der Waals surface area (Å²) in [7, 11) is -3.02. The first-order valence-corrected chi connectivity index (χ1v) is 9.99. The quantitative estimate of drug-likeness (QED) is 0.766. The first-order chi connectivity index (χ1) is 11.1. The summed E-state index contributed by atoms with van der Waals surface area (Å²) in [6.45, 7) is -0.0819. The van der Waals surface area contributed by atoms with E-state index in [9.17, 15) is 26.4 Å². The summed E-state index contributed by atoms with van der Waals surface area (Å²) in [4.78, 5) is 11.9. The number of anilines is 1. The molecule has 3 N–H and O–H groups in total. The number of amides is 1. The average molecular weight is 419 g/mol. The van der Waals surface area contributed by atoms with Gasteiger partial charge in [-0.2, -0.15) is 13.2 Å². The maximum Gasteiger partial charge on any atom is 0.416 e. The van der Waals surface area contributed by atoms with Crippen LogP contribution in [0.1, 0.15) is 17.5 Å². The first-order valence-electron chi connectivity index (χ1n) is 7.12. The number of nitrogens with one attached hydrogen (secondary N) is 1. The van der Waals surface area contributed by atoms with Crippen molar-refractivity contribution in [3.63, 3.8) is 0 Å². The van der Waals surface area contributed by atoms with Gasteiger partial charge in [0.25, 0.3) is 0 Å². The van der Waals surface area contributed by atoms with E-state index in [-0.39, 0.29) is 52.7 Å². The summed E-state index contributed by atoms with van der Waals surface area (Å²) in [5.74, 6) is -0.355. The highest BCUT2D eigenvalue weighted by atomic mass is 35.5. The predicted molar refractivity (Wildman–Crippen MR) is 94.7 cm³/mol. The van der Waals surface area contributed by atoms with E-state index in [1.54, 1.807) is 0 Å². The zero-order valence-electron chi connectivity index (χ0n) is 13.0. The molecule has 0 aliphatic carbocycles. The number of nitrogens with two attached hydrogens (primary N) is 1. The molecular weight excluding hydrogens is 401 g/mol. The second-order valence-corrected chi connectivity index (χ2v) is 9.02. The highest BCUT2D eigenvalue weighted by Crippen LogP contribution is 2.32. The molecule has 2 rings (SSSR count). The largest absolute Gasteiger partial charge is 0.416 e. The molecular formula is C14H18ClF3N2O3S2. The summed E-state index contributed by atoms with van der Waals surface area (Å²) in [6, 6.07) is 3.17. The summed E-state index contributed by atoms with van der Waals surface area (Å²) < 4.78 is 61.2. The molecule has 1 aromatic carbocycles. The van der Waals surface area contributed by atoms with E-state index < -0.39 is 27.5 Å². The molecule has 1 atom stereocenters. The minimum Gasteiger partial charge on any atom is -0.326 e. The number of sulfone groups is 1. The Balaban J connectivity index is 0.00000312. The van der Waals surface area contributed by atoms with Crippen LogP contribution in [0.5, 0.6) is 0 Å². The molecule has 11 heteroatoms. The zero-order valence-corrected chi connectivity index (χ0v) is 15.5. The van der Waals surface area contributed by atoms with Crippen molar-refractivity contribution in [2.24, 2.45) is 5.73 Å². The summed E-state index contributed by atoms with van der Waals surface area (Å²) in [5, 5.41) is 2.26. The molecule has 1 amide bonds. The van der Waals surface area contributed by atoms with Crippen LogP contribution in [0.2, 0.25) is 0 Å². The SMILES string of the molecule is Cl.NCc1cc(NC(=O)CSC2CCS(=O)(=O)C2)cc(C(F)(F)F)c1. The van der Waals surface area contributed by atoms with E-state index in [0.29, 0.717) is 6.42 Å². The number of carbonyl (C=O) groups excluding carboxylic acids is 1. The van der Waals surface area contributed by atoms with Gasteiger partial charge in [-0.05, 0) is 30.2 Å². The zero-order chi connectivity index (χ0) is 18.0. The number of benzene rings is 1. The molecule has 0 bridgehead atoms. The van der Waals surface area contributed by atoms with Crippen LogP contribution in [0.3, 0.4) is 0 Å². The van der Waals surface area contributed by atoms with E-state index in [2.05, 4.69) is 5.32 Å². The van der Waals surface area contributed by atoms with Crippen LogP contribution in [0, 0.1) is 0 Å². The Labute approximate surface area is 154 Å². The highest BCUT2D eigenvalue weighted by molar-refractivity contribution is 8.02. The molecule has 1 fully saturated rings. The molecule has 0 radical (unpaired) electrons. The Kier molecular flexibility index (Phi) is 7.60. The maximum absolute atomic E-state index is 12.8. The number of carbonyl (C=O) groups is 1. The van der Waals surface area contributed by atoms with E-state index in [0.717, 1.165) is 12.1 Å². The molecule has 0 saturated carbocycles. The van der Waals surface area contributed by atoms with Crippen LogP contribution < -0.4 is 11.1 Å². The Bertz CT molecular complexity index is 727. The van der Waals surface area contributed by atoms with E-state index in [1.807, 2.05) is 0 Å². The number of halogens is 4. The highest BCUT2D eigenvalue weighted by Gasteiger charge is 2.31. The minimum absolute atomic E-state index is 0. The summed E-state index contributed by atoms with van der Waals surface area (Å²) in [6.07, 6.45) is -4.04. The lowest BCUT2D eigenvalue weighted by atomic mass is 10.1. The topological polar surface area (TPSA) is 89.3 Å². The lowest BCUT2D eigenvalue weighted by Gasteiger charge is -2.13. The molecule has 142 valence electrons. The van der Waals surface area contributed by atoms with Gasteiger partial charge < -0.3 is 11.1 Å². The van der Waals surface area contributed by atoms with E-state index in [4.69, 9.17) is 5.73 Å². The number of alkyl halides is 3. The number of hydrogen-bond acceptors (Lipinski definition) is 5. The summed E-state index contributed by atoms with van der Waals surface area (Å²) in [5.41, 5.74) is 4.79. The lowest BCUT2D eigenvalue weighted by Crippen LogP contribution is -2.18. The summed E-state index contributed by atoms with van der Waals surface area (Å²) >= 11 is 1.20. The normalized spacial score (nSPS) is 19.3. The third-order valence-electron chi connectivity index (χ3n) is 3.48. The molecule has 0 aromatic heterocycles. The minimum atomic E-state index is -4.53. The van der Waals surface area contributed by atoms with Gasteiger partial charge in [-0.1, -0.05) is 0 Å². The van der Waals surface area contributed by atoms with E-state index in [1.165, 1.54) is 17.8 Å². The van der Waals surface area contributed by atoms with Crippen LogP contribution in [0.25, 0.3) is 0 Å². The molecule has 0 spiro atoms. The Hall–Kier alpha value is -0.970. The van der Waals surface area contributed by atoms with Gasteiger partial charge in [0.1, 0.15) is 0 Å². The number of thioether (sulfide) groups is 1. The van der Waals surface area contributed by atoms with Crippen LogP contribution in [-0.4, -0.2) is 36.8 Å². The molecule has 1 saturated heterocycles. The van der Waals surface area contributed by atoms with Gasteiger partial charge in [0.2, 0.25) is 5.91 Å². The van der Waals surface area contributed by atoms with Crippen LogP contribution >= 0.6 is 24.2 Å². The van der Waals surface area contributed by atoms with Crippen molar-refractivity contribution >= 4 is 45.6 Å². The van der Waals surface area contributed by atoms with Crippen molar-refractivity contribution in [2.45, 2.75) is 24.4 Å².